The van der Waals surface area contributed by atoms with Crippen molar-refractivity contribution in [2.24, 2.45) is 0 Å². The van der Waals surface area contributed by atoms with Gasteiger partial charge in [-0.3, -0.25) is 10.1 Å². The second-order valence-electron chi connectivity index (χ2n) is 4.56. The van der Waals surface area contributed by atoms with Crippen LogP contribution in [0.4, 0.5) is 0 Å². The summed E-state index contributed by atoms with van der Waals surface area (Å²) in [6.45, 7) is 6.50. The molecule has 2 rings (SSSR count). The summed E-state index contributed by atoms with van der Waals surface area (Å²) < 4.78 is 10.6. The van der Waals surface area contributed by atoms with Gasteiger partial charge in [0, 0.05) is 13.1 Å². The molecule has 1 saturated heterocycles. The van der Waals surface area contributed by atoms with Crippen LogP contribution >= 0.6 is 0 Å². The van der Waals surface area contributed by atoms with Gasteiger partial charge in [0.1, 0.15) is 5.76 Å². The van der Waals surface area contributed by atoms with E-state index in [1.165, 1.54) is 0 Å². The van der Waals surface area contributed by atoms with E-state index in [1.54, 1.807) is 6.26 Å². The molecule has 0 radical (unpaired) electrons. The van der Waals surface area contributed by atoms with Crippen molar-refractivity contribution in [2.75, 3.05) is 26.3 Å². The number of carbonyl (C=O) groups excluding carboxylic acids is 1. The van der Waals surface area contributed by atoms with Crippen molar-refractivity contribution < 1.29 is 13.9 Å². The molecular formula is C13H20N2O3. The fraction of sp³-hybridized carbons (Fsp3) is 0.615. The van der Waals surface area contributed by atoms with Gasteiger partial charge in [0.05, 0.1) is 31.6 Å². The minimum absolute atomic E-state index is 0.0278. The first kappa shape index (κ1) is 13.1. The number of ether oxygens (including phenoxy) is 1. The minimum atomic E-state index is -0.219. The fourth-order valence-electron chi connectivity index (χ4n) is 2.12. The number of hydrogen-bond donors (Lipinski definition) is 1. The van der Waals surface area contributed by atoms with E-state index < -0.39 is 0 Å². The highest BCUT2D eigenvalue weighted by atomic mass is 16.5. The molecule has 1 unspecified atom stereocenters. The van der Waals surface area contributed by atoms with Crippen LogP contribution in [0.15, 0.2) is 22.8 Å². The number of rotatable bonds is 4. The Kier molecular flexibility index (Phi) is 4.38. The van der Waals surface area contributed by atoms with E-state index >= 15 is 0 Å². The molecule has 0 saturated carbocycles. The highest BCUT2D eigenvalue weighted by Crippen LogP contribution is 2.13. The van der Waals surface area contributed by atoms with E-state index in [4.69, 9.17) is 9.15 Å². The zero-order chi connectivity index (χ0) is 13.0. The Morgan fingerprint density at radius 1 is 1.39 bits per heavy atom. The molecule has 100 valence electrons. The van der Waals surface area contributed by atoms with E-state index in [2.05, 4.69) is 5.32 Å². The lowest BCUT2D eigenvalue weighted by Crippen LogP contribution is -2.49. The predicted molar refractivity (Wildman–Crippen MR) is 67.1 cm³/mol. The number of nitrogens with zero attached hydrogens (tertiary/aromatic N) is 1. The van der Waals surface area contributed by atoms with Gasteiger partial charge in [-0.25, -0.2) is 0 Å². The zero-order valence-corrected chi connectivity index (χ0v) is 10.9. The maximum atomic E-state index is 12.2. The Balaban J connectivity index is 1.86. The molecule has 1 aromatic heterocycles. The van der Waals surface area contributed by atoms with Crippen LogP contribution in [0.5, 0.6) is 0 Å². The Morgan fingerprint density at radius 2 is 2.11 bits per heavy atom. The van der Waals surface area contributed by atoms with E-state index in [9.17, 15) is 4.79 Å². The molecule has 1 N–H and O–H groups in total. The average molecular weight is 252 g/mol. The molecule has 2 heterocycles. The summed E-state index contributed by atoms with van der Waals surface area (Å²) in [5.41, 5.74) is 0. The summed E-state index contributed by atoms with van der Waals surface area (Å²) in [7, 11) is 0. The Bertz CT molecular complexity index is 372. The van der Waals surface area contributed by atoms with Gasteiger partial charge in [-0.1, -0.05) is 0 Å². The third-order valence-corrected chi connectivity index (χ3v) is 3.16. The van der Waals surface area contributed by atoms with Crippen LogP contribution in [0.3, 0.4) is 0 Å². The maximum Gasteiger partial charge on any atom is 0.239 e. The van der Waals surface area contributed by atoms with Crippen molar-refractivity contribution in [3.05, 3.63) is 24.2 Å². The van der Waals surface area contributed by atoms with Crippen LogP contribution in [0, 0.1) is 0 Å². The van der Waals surface area contributed by atoms with Gasteiger partial charge in [0.2, 0.25) is 5.91 Å². The second-order valence-corrected chi connectivity index (χ2v) is 4.56. The third kappa shape index (κ3) is 3.11. The van der Waals surface area contributed by atoms with Crippen molar-refractivity contribution in [2.45, 2.75) is 25.9 Å². The molecule has 0 spiro atoms. The number of nitrogens with one attached hydrogen (secondary N) is 1. The summed E-state index contributed by atoms with van der Waals surface area (Å²) in [5.74, 6) is 0.966. The fourth-order valence-corrected chi connectivity index (χ4v) is 2.12. The first-order valence-electron chi connectivity index (χ1n) is 6.34. The molecule has 1 fully saturated rings. The van der Waals surface area contributed by atoms with E-state index in [-0.39, 0.29) is 18.0 Å². The maximum absolute atomic E-state index is 12.2. The van der Waals surface area contributed by atoms with Crippen LogP contribution in [0.2, 0.25) is 0 Å². The topological polar surface area (TPSA) is 54.7 Å². The van der Waals surface area contributed by atoms with Crippen molar-refractivity contribution in [1.29, 1.82) is 0 Å². The van der Waals surface area contributed by atoms with Gasteiger partial charge in [-0.2, -0.15) is 0 Å². The van der Waals surface area contributed by atoms with Crippen molar-refractivity contribution in [3.8, 4) is 0 Å². The molecular weight excluding hydrogens is 232 g/mol. The van der Waals surface area contributed by atoms with Crippen molar-refractivity contribution in [3.63, 3.8) is 0 Å². The first-order chi connectivity index (χ1) is 8.68. The summed E-state index contributed by atoms with van der Waals surface area (Å²) in [6, 6.07) is 3.56. The van der Waals surface area contributed by atoms with Crippen LogP contribution in [-0.4, -0.2) is 43.2 Å². The van der Waals surface area contributed by atoms with Gasteiger partial charge >= 0.3 is 0 Å². The molecule has 5 heteroatoms. The SMILES string of the molecule is CC(N[C@@H](C)c1ccco1)C(=O)N1CCOCC1. The predicted octanol–water partition coefficient (Wildman–Crippen LogP) is 1.18. The second kappa shape index (κ2) is 6.02. The van der Waals surface area contributed by atoms with Crippen LogP contribution in [0.1, 0.15) is 25.6 Å². The van der Waals surface area contributed by atoms with E-state index in [0.29, 0.717) is 26.3 Å². The lowest BCUT2D eigenvalue weighted by molar-refractivity contribution is -0.137. The summed E-state index contributed by atoms with van der Waals surface area (Å²) in [4.78, 5) is 14.0. The largest absolute Gasteiger partial charge is 0.468 e. The highest BCUT2D eigenvalue weighted by molar-refractivity contribution is 5.81. The number of hydrogen-bond acceptors (Lipinski definition) is 4. The van der Waals surface area contributed by atoms with Crippen molar-refractivity contribution in [1.82, 2.24) is 10.2 Å². The molecule has 2 atom stereocenters. The minimum Gasteiger partial charge on any atom is -0.468 e. The summed E-state index contributed by atoms with van der Waals surface area (Å²) in [6.07, 6.45) is 1.64. The molecule has 1 amide bonds. The molecule has 1 aliphatic heterocycles. The number of morpholine rings is 1. The third-order valence-electron chi connectivity index (χ3n) is 3.16. The smallest absolute Gasteiger partial charge is 0.239 e. The van der Waals surface area contributed by atoms with Gasteiger partial charge in [0.15, 0.2) is 0 Å². The Hall–Kier alpha value is -1.33. The normalized spacial score (nSPS) is 19.6. The molecule has 0 bridgehead atoms. The van der Waals surface area contributed by atoms with Gasteiger partial charge in [0.25, 0.3) is 0 Å². The first-order valence-corrected chi connectivity index (χ1v) is 6.34. The quantitative estimate of drug-likeness (QED) is 0.874. The van der Waals surface area contributed by atoms with Gasteiger partial charge in [-0.05, 0) is 26.0 Å². The standard InChI is InChI=1S/C13H20N2O3/c1-10(12-4-3-7-18-12)14-11(2)13(16)15-5-8-17-9-6-15/h3-4,7,10-11,14H,5-6,8-9H2,1-2H3/t10-,11?/m0/s1. The molecule has 5 nitrogen and oxygen atoms in total. The summed E-state index contributed by atoms with van der Waals surface area (Å²) >= 11 is 0. The molecule has 0 aromatic carbocycles. The summed E-state index contributed by atoms with van der Waals surface area (Å²) in [5, 5.41) is 3.25. The van der Waals surface area contributed by atoms with E-state index in [0.717, 1.165) is 5.76 Å². The van der Waals surface area contributed by atoms with Crippen LogP contribution in [0.25, 0.3) is 0 Å². The number of carbonyl (C=O) groups is 1. The monoisotopic (exact) mass is 252 g/mol. The van der Waals surface area contributed by atoms with Gasteiger partial charge < -0.3 is 14.1 Å². The molecule has 1 aromatic rings. The molecule has 18 heavy (non-hydrogen) atoms. The lowest BCUT2D eigenvalue weighted by Gasteiger charge is -2.30. The van der Waals surface area contributed by atoms with E-state index in [1.807, 2.05) is 30.9 Å². The highest BCUT2D eigenvalue weighted by Gasteiger charge is 2.24. The number of amides is 1. The Labute approximate surface area is 107 Å². The van der Waals surface area contributed by atoms with Gasteiger partial charge in [-0.15, -0.1) is 0 Å². The van der Waals surface area contributed by atoms with Crippen LogP contribution < -0.4 is 5.32 Å². The van der Waals surface area contributed by atoms with Crippen molar-refractivity contribution >= 4 is 5.91 Å². The number of furan rings is 1. The average Bonchev–Trinajstić information content (AvgIpc) is 2.92. The molecule has 1 aliphatic rings. The molecule has 0 aliphatic carbocycles. The Morgan fingerprint density at radius 3 is 2.72 bits per heavy atom. The zero-order valence-electron chi connectivity index (χ0n) is 10.9. The lowest BCUT2D eigenvalue weighted by atomic mass is 10.2. The van der Waals surface area contributed by atoms with Crippen LogP contribution in [-0.2, 0) is 9.53 Å².